The number of fused-ring (bicyclic) bond motifs is 1. The predicted molar refractivity (Wildman–Crippen MR) is 65.9 cm³/mol. The molecule has 1 aromatic carbocycles. The Morgan fingerprint density at radius 3 is 3.00 bits per heavy atom. The lowest BCUT2D eigenvalue weighted by molar-refractivity contribution is 0.112. The number of carbonyl (C=O) groups excluding carboxylic acids is 1. The van der Waals surface area contributed by atoms with Crippen LogP contribution in [0.4, 0.5) is 0 Å². The molecule has 2 aromatic rings. The molecular formula is C10H7IO2S. The lowest BCUT2D eigenvalue weighted by atomic mass is 10.1. The molecule has 0 aliphatic heterocycles. The van der Waals surface area contributed by atoms with Crippen LogP contribution in [0.15, 0.2) is 17.5 Å². The van der Waals surface area contributed by atoms with Crippen LogP contribution in [0, 0.1) is 3.57 Å². The molecule has 0 spiro atoms. The summed E-state index contributed by atoms with van der Waals surface area (Å²) < 4.78 is 1.91. The highest BCUT2D eigenvalue weighted by Crippen LogP contribution is 2.30. The lowest BCUT2D eigenvalue weighted by Gasteiger charge is -2.05. The Balaban J connectivity index is 2.87. The van der Waals surface area contributed by atoms with Crippen LogP contribution in [-0.2, 0) is 6.61 Å². The molecule has 1 N–H and O–H groups in total. The summed E-state index contributed by atoms with van der Waals surface area (Å²) in [5, 5.41) is 12.3. The fourth-order valence-electron chi connectivity index (χ4n) is 1.42. The van der Waals surface area contributed by atoms with E-state index < -0.39 is 0 Å². The maximum atomic E-state index is 10.8. The molecule has 0 amide bonds. The van der Waals surface area contributed by atoms with Gasteiger partial charge in [0.25, 0.3) is 0 Å². The second kappa shape index (κ2) is 3.96. The van der Waals surface area contributed by atoms with Gasteiger partial charge in [-0.1, -0.05) is 0 Å². The molecule has 0 saturated carbocycles. The third kappa shape index (κ3) is 1.47. The number of hydrogen-bond acceptors (Lipinski definition) is 3. The zero-order chi connectivity index (χ0) is 10.1. The van der Waals surface area contributed by atoms with Crippen molar-refractivity contribution in [3.05, 3.63) is 32.2 Å². The summed E-state index contributed by atoms with van der Waals surface area (Å²) in [5.74, 6) is 0. The predicted octanol–water partition coefficient (Wildman–Crippen LogP) is 2.81. The van der Waals surface area contributed by atoms with Gasteiger partial charge in [0.15, 0.2) is 6.29 Å². The van der Waals surface area contributed by atoms with Crippen LogP contribution >= 0.6 is 33.9 Å². The van der Waals surface area contributed by atoms with E-state index in [1.165, 1.54) is 0 Å². The van der Waals surface area contributed by atoms with Gasteiger partial charge < -0.3 is 5.11 Å². The fourth-order valence-corrected chi connectivity index (χ4v) is 3.03. The van der Waals surface area contributed by atoms with E-state index in [0.29, 0.717) is 5.56 Å². The molecule has 0 aliphatic rings. The Bertz CT molecular complexity index is 490. The molecule has 0 aliphatic carbocycles. The standard InChI is InChI=1S/C10H7IO2S/c11-10-6(4-12)3-9-7(1-2-14-9)8(10)5-13/h1-4,13H,5H2. The third-order valence-corrected chi connectivity index (χ3v) is 4.25. The number of aliphatic hydroxyl groups excluding tert-OH is 1. The minimum atomic E-state index is -0.0206. The molecule has 1 heterocycles. The van der Waals surface area contributed by atoms with E-state index in [0.717, 1.165) is 25.5 Å². The van der Waals surface area contributed by atoms with E-state index in [9.17, 15) is 9.90 Å². The number of hydrogen-bond donors (Lipinski definition) is 1. The van der Waals surface area contributed by atoms with Crippen molar-refractivity contribution in [2.75, 3.05) is 0 Å². The molecule has 4 heteroatoms. The second-order valence-electron chi connectivity index (χ2n) is 2.87. The SMILES string of the molecule is O=Cc1cc2sccc2c(CO)c1I. The van der Waals surface area contributed by atoms with Crippen molar-refractivity contribution >= 4 is 50.3 Å². The van der Waals surface area contributed by atoms with Gasteiger partial charge in [-0.25, -0.2) is 0 Å². The molecule has 0 saturated heterocycles. The first-order chi connectivity index (χ1) is 6.77. The normalized spacial score (nSPS) is 10.7. The number of rotatable bonds is 2. The summed E-state index contributed by atoms with van der Waals surface area (Å²) in [7, 11) is 0. The van der Waals surface area contributed by atoms with Gasteiger partial charge in [0, 0.05) is 19.4 Å². The molecule has 0 bridgehead atoms. The van der Waals surface area contributed by atoms with Crippen molar-refractivity contribution in [2.45, 2.75) is 6.61 Å². The van der Waals surface area contributed by atoms with Crippen molar-refractivity contribution < 1.29 is 9.90 Å². The van der Waals surface area contributed by atoms with E-state index in [1.807, 2.05) is 17.5 Å². The quantitative estimate of drug-likeness (QED) is 0.683. The van der Waals surface area contributed by atoms with E-state index in [4.69, 9.17) is 0 Å². The summed E-state index contributed by atoms with van der Waals surface area (Å²) in [4.78, 5) is 10.8. The number of carbonyl (C=O) groups is 1. The van der Waals surface area contributed by atoms with Crippen LogP contribution in [0.1, 0.15) is 15.9 Å². The number of thiophene rings is 1. The number of aliphatic hydroxyl groups is 1. The summed E-state index contributed by atoms with van der Waals surface area (Å²) in [6.45, 7) is -0.0206. The van der Waals surface area contributed by atoms with Gasteiger partial charge in [-0.2, -0.15) is 0 Å². The summed E-state index contributed by atoms with van der Waals surface area (Å²) in [5.41, 5.74) is 1.51. The molecule has 1 aromatic heterocycles. The molecule has 0 radical (unpaired) electrons. The number of benzene rings is 1. The molecule has 2 nitrogen and oxygen atoms in total. The van der Waals surface area contributed by atoms with Gasteiger partial charge in [0.2, 0.25) is 0 Å². The molecule has 0 atom stereocenters. The molecule has 72 valence electrons. The monoisotopic (exact) mass is 318 g/mol. The zero-order valence-corrected chi connectivity index (χ0v) is 10.1. The topological polar surface area (TPSA) is 37.3 Å². The first-order valence-corrected chi connectivity index (χ1v) is 5.98. The van der Waals surface area contributed by atoms with Crippen LogP contribution < -0.4 is 0 Å². The average molecular weight is 318 g/mol. The molecular weight excluding hydrogens is 311 g/mol. The maximum absolute atomic E-state index is 10.8. The first-order valence-electron chi connectivity index (χ1n) is 4.02. The Labute approximate surface area is 98.7 Å². The highest BCUT2D eigenvalue weighted by atomic mass is 127. The Morgan fingerprint density at radius 1 is 1.57 bits per heavy atom. The highest BCUT2D eigenvalue weighted by molar-refractivity contribution is 14.1. The Morgan fingerprint density at radius 2 is 2.36 bits per heavy atom. The summed E-state index contributed by atoms with van der Waals surface area (Å²) >= 11 is 3.68. The fraction of sp³-hybridized carbons (Fsp3) is 0.100. The largest absolute Gasteiger partial charge is 0.392 e. The molecule has 2 rings (SSSR count). The van der Waals surface area contributed by atoms with Gasteiger partial charge in [-0.15, -0.1) is 11.3 Å². The first kappa shape index (κ1) is 10.1. The third-order valence-electron chi connectivity index (χ3n) is 2.11. The number of aldehydes is 1. The lowest BCUT2D eigenvalue weighted by Crippen LogP contribution is -1.94. The van der Waals surface area contributed by atoms with Crippen molar-refractivity contribution in [1.82, 2.24) is 0 Å². The van der Waals surface area contributed by atoms with Gasteiger partial charge in [0.05, 0.1) is 6.61 Å². The van der Waals surface area contributed by atoms with Crippen LogP contribution in [0.5, 0.6) is 0 Å². The summed E-state index contributed by atoms with van der Waals surface area (Å²) in [6, 6.07) is 3.84. The van der Waals surface area contributed by atoms with Gasteiger partial charge in [-0.05, 0) is 45.5 Å². The molecule has 0 fully saturated rings. The highest BCUT2D eigenvalue weighted by Gasteiger charge is 2.10. The van der Waals surface area contributed by atoms with E-state index in [1.54, 1.807) is 11.3 Å². The minimum Gasteiger partial charge on any atom is -0.392 e. The van der Waals surface area contributed by atoms with Gasteiger partial charge >= 0.3 is 0 Å². The van der Waals surface area contributed by atoms with Crippen LogP contribution in [-0.4, -0.2) is 11.4 Å². The molecule has 14 heavy (non-hydrogen) atoms. The van der Waals surface area contributed by atoms with Crippen molar-refractivity contribution in [1.29, 1.82) is 0 Å². The number of halogens is 1. The van der Waals surface area contributed by atoms with Crippen LogP contribution in [0.2, 0.25) is 0 Å². The van der Waals surface area contributed by atoms with Gasteiger partial charge in [0.1, 0.15) is 0 Å². The average Bonchev–Trinajstić information content (AvgIpc) is 2.64. The Kier molecular flexibility index (Phi) is 2.85. The maximum Gasteiger partial charge on any atom is 0.151 e. The van der Waals surface area contributed by atoms with E-state index in [2.05, 4.69) is 22.6 Å². The van der Waals surface area contributed by atoms with E-state index in [-0.39, 0.29) is 6.61 Å². The van der Waals surface area contributed by atoms with Crippen molar-refractivity contribution in [3.63, 3.8) is 0 Å². The smallest absolute Gasteiger partial charge is 0.151 e. The van der Waals surface area contributed by atoms with Crippen molar-refractivity contribution in [2.24, 2.45) is 0 Å². The second-order valence-corrected chi connectivity index (χ2v) is 4.89. The van der Waals surface area contributed by atoms with E-state index >= 15 is 0 Å². The Hall–Kier alpha value is -0.460. The van der Waals surface area contributed by atoms with Crippen LogP contribution in [0.25, 0.3) is 10.1 Å². The van der Waals surface area contributed by atoms with Gasteiger partial charge in [-0.3, -0.25) is 4.79 Å². The van der Waals surface area contributed by atoms with Crippen molar-refractivity contribution in [3.8, 4) is 0 Å². The molecule has 0 unspecified atom stereocenters. The summed E-state index contributed by atoms with van der Waals surface area (Å²) in [6.07, 6.45) is 0.833. The zero-order valence-electron chi connectivity index (χ0n) is 7.16. The minimum absolute atomic E-state index is 0.0206. The van der Waals surface area contributed by atoms with Crippen LogP contribution in [0.3, 0.4) is 0 Å².